The number of rotatable bonds is 6. The van der Waals surface area contributed by atoms with Gasteiger partial charge in [-0.1, -0.05) is 13.8 Å². The lowest BCUT2D eigenvalue weighted by Gasteiger charge is -2.31. The van der Waals surface area contributed by atoms with Crippen LogP contribution in [0.5, 0.6) is 0 Å². The van der Waals surface area contributed by atoms with Crippen molar-refractivity contribution in [1.29, 1.82) is 0 Å². The number of carbonyl (C=O) groups excluding carboxylic acids is 1. The molecule has 3 heteroatoms. The van der Waals surface area contributed by atoms with Gasteiger partial charge in [0.2, 0.25) is 5.91 Å². The van der Waals surface area contributed by atoms with Crippen LogP contribution in [0.1, 0.15) is 46.0 Å². The minimum atomic E-state index is -0.161. The average molecular weight is 198 g/mol. The lowest BCUT2D eigenvalue weighted by Crippen LogP contribution is -2.52. The van der Waals surface area contributed by atoms with Crippen LogP contribution in [0.15, 0.2) is 0 Å². The van der Waals surface area contributed by atoms with Gasteiger partial charge in [-0.05, 0) is 31.6 Å². The monoisotopic (exact) mass is 198 g/mol. The third kappa shape index (κ3) is 2.98. The van der Waals surface area contributed by atoms with Crippen LogP contribution >= 0.6 is 0 Å². The summed E-state index contributed by atoms with van der Waals surface area (Å²) in [4.78, 5) is 11.6. The molecular weight excluding hydrogens is 176 g/mol. The molecule has 1 rings (SSSR count). The third-order valence-electron chi connectivity index (χ3n) is 3.32. The van der Waals surface area contributed by atoms with E-state index in [0.29, 0.717) is 18.9 Å². The molecule has 0 aromatic heterocycles. The summed E-state index contributed by atoms with van der Waals surface area (Å²) >= 11 is 0. The molecule has 82 valence electrons. The second kappa shape index (κ2) is 4.78. The van der Waals surface area contributed by atoms with Crippen molar-refractivity contribution in [3.8, 4) is 0 Å². The maximum atomic E-state index is 11.6. The molecule has 3 nitrogen and oxygen atoms in total. The molecule has 0 aliphatic heterocycles. The molecule has 0 heterocycles. The van der Waals surface area contributed by atoms with Gasteiger partial charge in [0, 0.05) is 13.0 Å². The Kier molecular flexibility index (Phi) is 3.93. The largest absolute Gasteiger partial charge is 0.349 e. The van der Waals surface area contributed by atoms with E-state index in [1.807, 2.05) is 0 Å². The molecule has 0 spiro atoms. The van der Waals surface area contributed by atoms with Crippen LogP contribution in [0.2, 0.25) is 0 Å². The van der Waals surface area contributed by atoms with Crippen molar-refractivity contribution in [3.05, 3.63) is 0 Å². The summed E-state index contributed by atoms with van der Waals surface area (Å²) in [6.45, 7) is 4.69. The van der Waals surface area contributed by atoms with E-state index in [-0.39, 0.29) is 11.4 Å². The van der Waals surface area contributed by atoms with Crippen LogP contribution in [-0.4, -0.2) is 18.0 Å². The molecule has 0 saturated heterocycles. The van der Waals surface area contributed by atoms with Crippen LogP contribution in [0.3, 0.4) is 0 Å². The van der Waals surface area contributed by atoms with Crippen molar-refractivity contribution in [2.24, 2.45) is 11.7 Å². The van der Waals surface area contributed by atoms with Gasteiger partial charge in [-0.25, -0.2) is 0 Å². The molecule has 0 aromatic carbocycles. The highest BCUT2D eigenvalue weighted by Gasteiger charge is 2.30. The zero-order valence-electron chi connectivity index (χ0n) is 9.31. The Morgan fingerprint density at radius 1 is 1.43 bits per heavy atom. The van der Waals surface area contributed by atoms with Gasteiger partial charge in [0.1, 0.15) is 0 Å². The van der Waals surface area contributed by atoms with Crippen LogP contribution in [0.25, 0.3) is 0 Å². The van der Waals surface area contributed by atoms with Gasteiger partial charge < -0.3 is 11.1 Å². The van der Waals surface area contributed by atoms with Gasteiger partial charge in [-0.2, -0.15) is 0 Å². The van der Waals surface area contributed by atoms with Crippen molar-refractivity contribution in [2.45, 2.75) is 51.5 Å². The van der Waals surface area contributed by atoms with Crippen molar-refractivity contribution in [1.82, 2.24) is 5.32 Å². The van der Waals surface area contributed by atoms with Crippen LogP contribution in [-0.2, 0) is 4.79 Å². The maximum Gasteiger partial charge on any atom is 0.220 e. The van der Waals surface area contributed by atoms with Gasteiger partial charge in [0.15, 0.2) is 0 Å². The Morgan fingerprint density at radius 3 is 2.36 bits per heavy atom. The molecule has 0 radical (unpaired) electrons. The molecule has 1 aliphatic carbocycles. The Bertz CT molecular complexity index is 187. The number of hydrogen-bond donors (Lipinski definition) is 2. The Hall–Kier alpha value is -0.570. The summed E-state index contributed by atoms with van der Waals surface area (Å²) in [5.41, 5.74) is 5.55. The van der Waals surface area contributed by atoms with Crippen LogP contribution in [0, 0.1) is 5.92 Å². The Morgan fingerprint density at radius 2 is 2.00 bits per heavy atom. The maximum absolute atomic E-state index is 11.6. The summed E-state index contributed by atoms with van der Waals surface area (Å²) < 4.78 is 0. The molecule has 3 N–H and O–H groups in total. The zero-order chi connectivity index (χ0) is 10.6. The fourth-order valence-electron chi connectivity index (χ4n) is 1.70. The van der Waals surface area contributed by atoms with Gasteiger partial charge >= 0.3 is 0 Å². The first kappa shape index (κ1) is 11.5. The molecule has 1 amide bonds. The SMILES string of the molecule is CCC(CC)(CN)NC(=O)CC1CC1. The van der Waals surface area contributed by atoms with Gasteiger partial charge in [0.05, 0.1) is 5.54 Å². The number of hydrogen-bond acceptors (Lipinski definition) is 2. The first-order valence-corrected chi connectivity index (χ1v) is 5.67. The minimum absolute atomic E-state index is 0.161. The lowest BCUT2D eigenvalue weighted by molar-refractivity contribution is -0.123. The van der Waals surface area contributed by atoms with E-state index in [0.717, 1.165) is 12.8 Å². The molecule has 1 aliphatic rings. The second-order valence-corrected chi connectivity index (χ2v) is 4.39. The standard InChI is InChI=1S/C11H22N2O/c1-3-11(4-2,8-12)13-10(14)7-9-5-6-9/h9H,3-8,12H2,1-2H3,(H,13,14). The van der Waals surface area contributed by atoms with E-state index in [2.05, 4.69) is 19.2 Å². The van der Waals surface area contributed by atoms with E-state index in [1.54, 1.807) is 0 Å². The molecule has 14 heavy (non-hydrogen) atoms. The normalized spacial score (nSPS) is 16.8. The molecule has 0 bridgehead atoms. The highest BCUT2D eigenvalue weighted by Crippen LogP contribution is 2.32. The Labute approximate surface area is 86.4 Å². The van der Waals surface area contributed by atoms with Gasteiger partial charge in [-0.15, -0.1) is 0 Å². The number of carbonyl (C=O) groups is 1. The molecule has 0 unspecified atom stereocenters. The molecule has 0 aromatic rings. The summed E-state index contributed by atoms with van der Waals surface area (Å²) in [6, 6.07) is 0. The van der Waals surface area contributed by atoms with Crippen molar-refractivity contribution in [2.75, 3.05) is 6.54 Å². The lowest BCUT2D eigenvalue weighted by atomic mass is 9.92. The number of nitrogens with two attached hydrogens (primary N) is 1. The van der Waals surface area contributed by atoms with E-state index >= 15 is 0 Å². The third-order valence-corrected chi connectivity index (χ3v) is 3.32. The number of nitrogens with one attached hydrogen (secondary N) is 1. The van der Waals surface area contributed by atoms with Crippen LogP contribution < -0.4 is 11.1 Å². The topological polar surface area (TPSA) is 55.1 Å². The molecule has 0 atom stereocenters. The minimum Gasteiger partial charge on any atom is -0.349 e. The van der Waals surface area contributed by atoms with Crippen molar-refractivity contribution < 1.29 is 4.79 Å². The second-order valence-electron chi connectivity index (χ2n) is 4.39. The van der Waals surface area contributed by atoms with Crippen molar-refractivity contribution >= 4 is 5.91 Å². The highest BCUT2D eigenvalue weighted by atomic mass is 16.1. The summed E-state index contributed by atoms with van der Waals surface area (Å²) in [5.74, 6) is 0.834. The molecule has 1 saturated carbocycles. The van der Waals surface area contributed by atoms with E-state index < -0.39 is 0 Å². The summed E-state index contributed by atoms with van der Waals surface area (Å²) in [7, 11) is 0. The van der Waals surface area contributed by atoms with E-state index in [9.17, 15) is 4.79 Å². The predicted octanol–water partition coefficient (Wildman–Crippen LogP) is 1.42. The fourth-order valence-corrected chi connectivity index (χ4v) is 1.70. The van der Waals surface area contributed by atoms with E-state index in [1.165, 1.54) is 12.8 Å². The predicted molar refractivity (Wildman–Crippen MR) is 57.9 cm³/mol. The van der Waals surface area contributed by atoms with E-state index in [4.69, 9.17) is 5.73 Å². The van der Waals surface area contributed by atoms with Crippen LogP contribution in [0.4, 0.5) is 0 Å². The molecule has 1 fully saturated rings. The van der Waals surface area contributed by atoms with Gasteiger partial charge in [0.25, 0.3) is 0 Å². The first-order chi connectivity index (χ1) is 6.65. The fraction of sp³-hybridized carbons (Fsp3) is 0.909. The van der Waals surface area contributed by atoms with Gasteiger partial charge in [-0.3, -0.25) is 4.79 Å². The highest BCUT2D eigenvalue weighted by molar-refractivity contribution is 5.77. The molecular formula is C11H22N2O. The van der Waals surface area contributed by atoms with Crippen molar-refractivity contribution in [3.63, 3.8) is 0 Å². The Balaban J connectivity index is 2.40. The summed E-state index contributed by atoms with van der Waals surface area (Å²) in [6.07, 6.45) is 4.97. The average Bonchev–Trinajstić information content (AvgIpc) is 2.98. The number of amides is 1. The quantitative estimate of drug-likeness (QED) is 0.678. The zero-order valence-corrected chi connectivity index (χ0v) is 9.31. The first-order valence-electron chi connectivity index (χ1n) is 5.67. The smallest absolute Gasteiger partial charge is 0.220 e. The summed E-state index contributed by atoms with van der Waals surface area (Å²) in [5, 5.41) is 3.09.